The number of nitrogens with zero attached hydrogens (tertiary/aromatic N) is 4. The molecule has 1 N–H and O–H groups in total. The Kier molecular flexibility index (Phi) is 8.88. The molecule has 0 bridgehead atoms. The molecular formula is C30H36F3N5O4. The number of nitrogens with one attached hydrogen (secondary N) is 1. The summed E-state index contributed by atoms with van der Waals surface area (Å²) >= 11 is 0. The summed E-state index contributed by atoms with van der Waals surface area (Å²) in [5.41, 5.74) is -0.946. The van der Waals surface area contributed by atoms with E-state index in [4.69, 9.17) is 0 Å². The zero-order valence-corrected chi connectivity index (χ0v) is 23.4. The normalized spacial score (nSPS) is 22.1. The SMILES string of the molecule is O=C(C1CCC[C@H](C(=O)N2CCN(c3ccccc3)CC2)C1)N1CCC(Nc2ccc([N+](=O)[O-])c(C(F)(F)F)c2)CC1. The van der Waals surface area contributed by atoms with Crippen LogP contribution in [0.5, 0.6) is 0 Å². The lowest BCUT2D eigenvalue weighted by atomic mass is 9.79. The standard InChI is InChI=1S/C30H36F3N5O4/c31-30(32,33)26-20-24(9-10-27(26)38(41)42)34-23-11-13-36(14-12-23)28(39)21-5-4-6-22(19-21)29(40)37-17-15-35(16-18-37)25-7-2-1-3-8-25/h1-3,7-10,20-23,34H,4-6,11-19H2/t21?,22-/m0/s1. The molecule has 1 aliphatic carbocycles. The van der Waals surface area contributed by atoms with Gasteiger partial charge < -0.3 is 20.0 Å². The Balaban J connectivity index is 1.11. The van der Waals surface area contributed by atoms with Gasteiger partial charge >= 0.3 is 6.18 Å². The Hall–Kier alpha value is -3.83. The second-order valence-electron chi connectivity index (χ2n) is 11.4. The summed E-state index contributed by atoms with van der Waals surface area (Å²) in [5, 5.41) is 14.1. The molecule has 0 radical (unpaired) electrons. The second kappa shape index (κ2) is 12.6. The minimum absolute atomic E-state index is 0.0505. The smallest absolute Gasteiger partial charge is 0.382 e. The first-order chi connectivity index (χ1) is 20.1. The zero-order chi connectivity index (χ0) is 29.9. The first-order valence-electron chi connectivity index (χ1n) is 14.6. The molecule has 226 valence electrons. The molecule has 12 heteroatoms. The third kappa shape index (κ3) is 6.79. The molecule has 9 nitrogen and oxygen atoms in total. The van der Waals surface area contributed by atoms with Gasteiger partial charge in [0.05, 0.1) is 4.92 Å². The van der Waals surface area contributed by atoms with Crippen molar-refractivity contribution >= 4 is 28.9 Å². The summed E-state index contributed by atoms with van der Waals surface area (Å²) in [6, 6.07) is 12.9. The molecule has 2 aromatic rings. The molecule has 0 aromatic heterocycles. The minimum Gasteiger partial charge on any atom is -0.382 e. The number of amides is 2. The predicted octanol–water partition coefficient (Wildman–Crippen LogP) is 5.17. The molecule has 2 aromatic carbocycles. The average molecular weight is 588 g/mol. The minimum atomic E-state index is -4.84. The van der Waals surface area contributed by atoms with Crippen molar-refractivity contribution in [1.29, 1.82) is 0 Å². The molecule has 2 heterocycles. The quantitative estimate of drug-likeness (QED) is 0.370. The Morgan fingerprint density at radius 2 is 1.43 bits per heavy atom. The van der Waals surface area contributed by atoms with E-state index in [-0.39, 0.29) is 35.4 Å². The molecule has 2 amide bonds. The topological polar surface area (TPSA) is 99.0 Å². The van der Waals surface area contributed by atoms with E-state index >= 15 is 0 Å². The number of para-hydroxylation sites is 1. The molecule has 0 spiro atoms. The van der Waals surface area contributed by atoms with Crippen molar-refractivity contribution in [2.45, 2.75) is 50.7 Å². The van der Waals surface area contributed by atoms with Crippen molar-refractivity contribution in [2.24, 2.45) is 11.8 Å². The van der Waals surface area contributed by atoms with Crippen molar-refractivity contribution < 1.29 is 27.7 Å². The highest BCUT2D eigenvalue weighted by molar-refractivity contribution is 5.83. The number of piperazine rings is 1. The maximum Gasteiger partial charge on any atom is 0.423 e. The van der Waals surface area contributed by atoms with Crippen LogP contribution >= 0.6 is 0 Å². The van der Waals surface area contributed by atoms with Crippen LogP contribution in [0, 0.1) is 22.0 Å². The van der Waals surface area contributed by atoms with Gasteiger partial charge in [0.25, 0.3) is 5.69 Å². The van der Waals surface area contributed by atoms with Crippen LogP contribution in [0.4, 0.5) is 30.2 Å². The number of anilines is 2. The van der Waals surface area contributed by atoms with Crippen LogP contribution in [-0.2, 0) is 15.8 Å². The van der Waals surface area contributed by atoms with Crippen LogP contribution in [0.15, 0.2) is 48.5 Å². The van der Waals surface area contributed by atoms with E-state index in [0.29, 0.717) is 45.4 Å². The molecule has 5 rings (SSSR count). The monoisotopic (exact) mass is 587 g/mol. The highest BCUT2D eigenvalue weighted by atomic mass is 19.4. The van der Waals surface area contributed by atoms with Gasteiger partial charge in [0.2, 0.25) is 11.8 Å². The molecule has 42 heavy (non-hydrogen) atoms. The fourth-order valence-electron chi connectivity index (χ4n) is 6.47. The first-order valence-corrected chi connectivity index (χ1v) is 14.6. The van der Waals surface area contributed by atoms with Gasteiger partial charge in [0, 0.05) is 74.6 Å². The highest BCUT2D eigenvalue weighted by Crippen LogP contribution is 2.38. The maximum absolute atomic E-state index is 13.4. The predicted molar refractivity (Wildman–Crippen MR) is 152 cm³/mol. The molecule has 2 atom stereocenters. The molecule has 2 saturated heterocycles. The lowest BCUT2D eigenvalue weighted by molar-refractivity contribution is -0.388. The molecule has 1 saturated carbocycles. The summed E-state index contributed by atoms with van der Waals surface area (Å²) in [5.74, 6) is -0.161. The molecule has 3 aliphatic rings. The van der Waals surface area contributed by atoms with Crippen LogP contribution in [0.25, 0.3) is 0 Å². The Morgan fingerprint density at radius 1 is 0.833 bits per heavy atom. The van der Waals surface area contributed by atoms with Gasteiger partial charge in [-0.15, -0.1) is 0 Å². The van der Waals surface area contributed by atoms with Gasteiger partial charge in [-0.1, -0.05) is 24.6 Å². The van der Waals surface area contributed by atoms with Crippen molar-refractivity contribution in [1.82, 2.24) is 9.80 Å². The van der Waals surface area contributed by atoms with Crippen LogP contribution in [0.1, 0.15) is 44.1 Å². The van der Waals surface area contributed by atoms with E-state index in [0.717, 1.165) is 50.2 Å². The number of nitro benzene ring substituents is 1. The summed E-state index contributed by atoms with van der Waals surface area (Å²) < 4.78 is 40.0. The van der Waals surface area contributed by atoms with Crippen LogP contribution < -0.4 is 10.2 Å². The number of halogens is 3. The van der Waals surface area contributed by atoms with Crippen molar-refractivity contribution in [3.05, 3.63) is 64.2 Å². The third-order valence-corrected chi connectivity index (χ3v) is 8.76. The van der Waals surface area contributed by atoms with E-state index in [1.54, 1.807) is 0 Å². The van der Waals surface area contributed by atoms with E-state index in [2.05, 4.69) is 22.3 Å². The zero-order valence-electron chi connectivity index (χ0n) is 23.4. The van der Waals surface area contributed by atoms with Crippen molar-refractivity contribution in [2.75, 3.05) is 49.5 Å². The third-order valence-electron chi connectivity index (χ3n) is 8.76. The number of hydrogen-bond donors (Lipinski definition) is 1. The fourth-order valence-corrected chi connectivity index (χ4v) is 6.47. The molecule has 3 fully saturated rings. The molecule has 1 unspecified atom stereocenters. The Labute approximate surface area is 242 Å². The fraction of sp³-hybridized carbons (Fsp3) is 0.533. The second-order valence-corrected chi connectivity index (χ2v) is 11.4. The number of alkyl halides is 3. The van der Waals surface area contributed by atoms with Gasteiger partial charge in [0.1, 0.15) is 5.56 Å². The lowest BCUT2D eigenvalue weighted by Crippen LogP contribution is -2.51. The van der Waals surface area contributed by atoms with E-state index in [1.165, 1.54) is 6.07 Å². The lowest BCUT2D eigenvalue weighted by Gasteiger charge is -2.40. The number of hydrogen-bond acceptors (Lipinski definition) is 6. The van der Waals surface area contributed by atoms with Crippen molar-refractivity contribution in [3.63, 3.8) is 0 Å². The van der Waals surface area contributed by atoms with Gasteiger partial charge in [-0.05, 0) is 56.4 Å². The highest BCUT2D eigenvalue weighted by Gasteiger charge is 2.39. The average Bonchev–Trinajstić information content (AvgIpc) is 3.01. The van der Waals surface area contributed by atoms with Gasteiger partial charge in [-0.3, -0.25) is 19.7 Å². The van der Waals surface area contributed by atoms with Gasteiger partial charge in [0.15, 0.2) is 0 Å². The van der Waals surface area contributed by atoms with E-state index in [1.807, 2.05) is 28.0 Å². The van der Waals surface area contributed by atoms with E-state index in [9.17, 15) is 32.9 Å². The van der Waals surface area contributed by atoms with Gasteiger partial charge in [-0.25, -0.2) is 0 Å². The van der Waals surface area contributed by atoms with Crippen LogP contribution in [-0.4, -0.2) is 71.8 Å². The maximum atomic E-state index is 13.4. The number of likely N-dealkylation sites (tertiary alicyclic amines) is 1. The number of benzene rings is 2. The van der Waals surface area contributed by atoms with E-state index < -0.39 is 22.4 Å². The van der Waals surface area contributed by atoms with Crippen LogP contribution in [0.3, 0.4) is 0 Å². The largest absolute Gasteiger partial charge is 0.423 e. The Bertz CT molecular complexity index is 1280. The number of piperidine rings is 1. The summed E-state index contributed by atoms with van der Waals surface area (Å²) in [4.78, 5) is 42.8. The Morgan fingerprint density at radius 3 is 2.00 bits per heavy atom. The summed E-state index contributed by atoms with van der Waals surface area (Å²) in [6.07, 6.45) is -0.816. The van der Waals surface area contributed by atoms with Gasteiger partial charge in [-0.2, -0.15) is 13.2 Å². The summed E-state index contributed by atoms with van der Waals surface area (Å²) in [6.45, 7) is 3.83. The van der Waals surface area contributed by atoms with Crippen LogP contribution in [0.2, 0.25) is 0 Å². The molecule has 2 aliphatic heterocycles. The summed E-state index contributed by atoms with van der Waals surface area (Å²) in [7, 11) is 0. The number of nitro groups is 1. The number of carbonyl (C=O) groups is 2. The first kappa shape index (κ1) is 29.7. The number of rotatable bonds is 6. The molecular weight excluding hydrogens is 551 g/mol. The van der Waals surface area contributed by atoms with Crippen molar-refractivity contribution in [3.8, 4) is 0 Å². The number of carbonyl (C=O) groups excluding carboxylic acids is 2.